The van der Waals surface area contributed by atoms with Crippen LogP contribution < -0.4 is 16.8 Å². The van der Waals surface area contributed by atoms with Gasteiger partial charge in [0.05, 0.1) is 0 Å². The average molecular weight is 429 g/mol. The Bertz CT molecular complexity index is 462. The van der Waals surface area contributed by atoms with Gasteiger partial charge in [-0.3, -0.25) is 0 Å². The summed E-state index contributed by atoms with van der Waals surface area (Å²) >= 11 is 0. The minimum atomic E-state index is 0. The first-order chi connectivity index (χ1) is 10.5. The van der Waals surface area contributed by atoms with Crippen LogP contribution in [0.25, 0.3) is 0 Å². The molecule has 0 saturated heterocycles. The van der Waals surface area contributed by atoms with Gasteiger partial charge in [-0.25, -0.2) is 0 Å². The quantitative estimate of drug-likeness (QED) is 0.589. The van der Waals surface area contributed by atoms with Gasteiger partial charge in [0.15, 0.2) is 0 Å². The van der Waals surface area contributed by atoms with E-state index < -0.39 is 0 Å². The molecule has 0 fully saturated rings. The Balaban J connectivity index is -0.00000176. The zero-order valence-electron chi connectivity index (χ0n) is 17.2. The van der Waals surface area contributed by atoms with Crippen molar-refractivity contribution in [2.75, 3.05) is 13.1 Å². The monoisotopic (exact) mass is 427 g/mol. The molecular weight excluding hydrogens is 389 g/mol. The fourth-order valence-corrected chi connectivity index (χ4v) is 2.54. The smallest absolute Gasteiger partial charge is 0.0206 e. The second kappa shape index (κ2) is 13.2. The van der Waals surface area contributed by atoms with E-state index in [2.05, 4.69) is 65.1 Å². The van der Waals surface area contributed by atoms with Crippen molar-refractivity contribution in [1.82, 2.24) is 5.32 Å². The average Bonchev–Trinajstić information content (AvgIpc) is 2.43. The maximum atomic E-state index is 6.10. The third kappa shape index (κ3) is 11.0. The van der Waals surface area contributed by atoms with E-state index in [0.29, 0.717) is 0 Å². The summed E-state index contributed by atoms with van der Waals surface area (Å²) in [6.45, 7) is 16.1. The molecule has 1 aromatic carbocycles. The van der Waals surface area contributed by atoms with Gasteiger partial charge in [-0.1, -0.05) is 59.7 Å². The van der Waals surface area contributed by atoms with E-state index in [0.717, 1.165) is 32.5 Å². The zero-order valence-corrected chi connectivity index (χ0v) is 19.7. The molecule has 0 saturated carbocycles. The van der Waals surface area contributed by atoms with Crippen LogP contribution in [-0.2, 0) is 17.4 Å². The third-order valence-electron chi connectivity index (χ3n) is 4.24. The molecule has 0 radical (unpaired) electrons. The van der Waals surface area contributed by atoms with Gasteiger partial charge in [-0.05, 0) is 46.9 Å². The fourth-order valence-electron chi connectivity index (χ4n) is 2.54. The van der Waals surface area contributed by atoms with Crippen LogP contribution in [0.5, 0.6) is 0 Å². The first kappa shape index (κ1) is 30.7. The number of nitrogens with two attached hydrogens (primary N) is 2. The first-order valence-corrected chi connectivity index (χ1v) is 8.85. The molecule has 0 amide bonds. The van der Waals surface area contributed by atoms with Crippen molar-refractivity contribution in [3.63, 3.8) is 0 Å². The Morgan fingerprint density at radius 3 is 1.73 bits per heavy atom. The predicted molar refractivity (Wildman–Crippen MR) is 124 cm³/mol. The molecule has 0 heterocycles. The van der Waals surface area contributed by atoms with Crippen LogP contribution in [-0.4, -0.2) is 19.1 Å². The lowest BCUT2D eigenvalue weighted by atomic mass is 9.79. The summed E-state index contributed by atoms with van der Waals surface area (Å²) in [6, 6.07) is 7.20. The number of rotatable bonds is 7. The maximum Gasteiger partial charge on any atom is 0.0206 e. The van der Waals surface area contributed by atoms with Crippen molar-refractivity contribution in [3.8, 4) is 0 Å². The largest absolute Gasteiger partial charge is 0.330 e. The van der Waals surface area contributed by atoms with Crippen molar-refractivity contribution in [3.05, 3.63) is 34.9 Å². The van der Waals surface area contributed by atoms with E-state index in [-0.39, 0.29) is 54.1 Å². The van der Waals surface area contributed by atoms with Crippen molar-refractivity contribution in [2.24, 2.45) is 11.5 Å². The molecule has 0 aromatic heterocycles. The lowest BCUT2D eigenvalue weighted by molar-refractivity contribution is 0.528. The highest BCUT2D eigenvalue weighted by atomic mass is 35.5. The van der Waals surface area contributed by atoms with Gasteiger partial charge < -0.3 is 16.8 Å². The van der Waals surface area contributed by atoms with Gasteiger partial charge in [0.25, 0.3) is 0 Å². The molecular formula is C20H40Cl3N3. The molecule has 0 unspecified atom stereocenters. The Morgan fingerprint density at radius 1 is 0.885 bits per heavy atom. The Hall–Kier alpha value is -0.0300. The fraction of sp³-hybridized carbons (Fsp3) is 0.700. The van der Waals surface area contributed by atoms with E-state index >= 15 is 0 Å². The van der Waals surface area contributed by atoms with Crippen LogP contribution >= 0.6 is 37.2 Å². The van der Waals surface area contributed by atoms with Gasteiger partial charge in [0, 0.05) is 19.1 Å². The van der Waals surface area contributed by atoms with E-state index in [1.165, 1.54) is 16.7 Å². The van der Waals surface area contributed by atoms with Crippen molar-refractivity contribution >= 4 is 37.2 Å². The minimum absolute atomic E-state index is 0. The number of hydrogen-bond acceptors (Lipinski definition) is 3. The molecule has 1 aromatic rings. The highest BCUT2D eigenvalue weighted by Crippen LogP contribution is 2.30. The van der Waals surface area contributed by atoms with Crippen molar-refractivity contribution < 1.29 is 0 Å². The van der Waals surface area contributed by atoms with Crippen LogP contribution in [0.4, 0.5) is 0 Å². The topological polar surface area (TPSA) is 64.1 Å². The standard InChI is InChI=1S/C20H37N3.3ClH/c1-19(2,3)16-10-15(11-17(12-16)20(4,5)6)13-23-14-18(22)8-7-9-21;;;/h10-12,18,23H,7-9,13-14,21-22H2,1-6H3;3*1H/t18-;;;/m0.../s1. The van der Waals surface area contributed by atoms with Gasteiger partial charge in [0.2, 0.25) is 0 Å². The molecule has 26 heavy (non-hydrogen) atoms. The number of hydrogen-bond donors (Lipinski definition) is 3. The molecule has 1 rings (SSSR count). The van der Waals surface area contributed by atoms with E-state index in [1.54, 1.807) is 0 Å². The number of benzene rings is 1. The molecule has 0 aliphatic carbocycles. The SMILES string of the molecule is CC(C)(C)c1cc(CNC[C@@H](N)CCCN)cc(C(C)(C)C)c1.Cl.Cl.Cl. The minimum Gasteiger partial charge on any atom is -0.330 e. The van der Waals surface area contributed by atoms with Crippen molar-refractivity contribution in [2.45, 2.75) is 77.8 Å². The van der Waals surface area contributed by atoms with Crippen LogP contribution in [0, 0.1) is 0 Å². The van der Waals surface area contributed by atoms with E-state index in [1.807, 2.05) is 0 Å². The number of halogens is 3. The molecule has 0 aliphatic rings. The molecule has 156 valence electrons. The summed E-state index contributed by atoms with van der Waals surface area (Å²) in [4.78, 5) is 0. The van der Waals surface area contributed by atoms with Gasteiger partial charge >= 0.3 is 0 Å². The zero-order chi connectivity index (χ0) is 17.7. The van der Waals surface area contributed by atoms with Gasteiger partial charge in [-0.15, -0.1) is 37.2 Å². The Labute approximate surface area is 179 Å². The second-order valence-electron chi connectivity index (χ2n) is 8.74. The summed E-state index contributed by atoms with van der Waals surface area (Å²) in [6.07, 6.45) is 1.98. The van der Waals surface area contributed by atoms with Crippen LogP contribution in [0.3, 0.4) is 0 Å². The summed E-state index contributed by atoms with van der Waals surface area (Å²) in [7, 11) is 0. The lowest BCUT2D eigenvalue weighted by Crippen LogP contribution is -2.34. The molecule has 1 atom stereocenters. The predicted octanol–water partition coefficient (Wildman–Crippen LogP) is 4.70. The second-order valence-corrected chi connectivity index (χ2v) is 8.74. The summed E-state index contributed by atoms with van der Waals surface area (Å²) in [5.41, 5.74) is 16.1. The molecule has 0 bridgehead atoms. The third-order valence-corrected chi connectivity index (χ3v) is 4.24. The van der Waals surface area contributed by atoms with Crippen LogP contribution in [0.2, 0.25) is 0 Å². The van der Waals surface area contributed by atoms with Gasteiger partial charge in [-0.2, -0.15) is 0 Å². The lowest BCUT2D eigenvalue weighted by Gasteiger charge is -2.26. The Kier molecular flexibility index (Phi) is 15.6. The summed E-state index contributed by atoms with van der Waals surface area (Å²) in [5.74, 6) is 0. The summed E-state index contributed by atoms with van der Waals surface area (Å²) in [5, 5.41) is 3.50. The van der Waals surface area contributed by atoms with E-state index in [4.69, 9.17) is 11.5 Å². The molecule has 6 heteroatoms. The molecule has 0 aliphatic heterocycles. The number of nitrogens with one attached hydrogen (secondary N) is 1. The normalized spacial score (nSPS) is 12.5. The van der Waals surface area contributed by atoms with E-state index in [9.17, 15) is 0 Å². The summed E-state index contributed by atoms with van der Waals surface area (Å²) < 4.78 is 0. The first-order valence-electron chi connectivity index (χ1n) is 8.85. The van der Waals surface area contributed by atoms with Crippen LogP contribution in [0.1, 0.15) is 71.1 Å². The maximum absolute atomic E-state index is 6.10. The van der Waals surface area contributed by atoms with Crippen molar-refractivity contribution in [1.29, 1.82) is 0 Å². The van der Waals surface area contributed by atoms with Crippen LogP contribution in [0.15, 0.2) is 18.2 Å². The molecule has 3 nitrogen and oxygen atoms in total. The molecule has 0 spiro atoms. The molecule has 5 N–H and O–H groups in total. The van der Waals surface area contributed by atoms with Gasteiger partial charge in [0.1, 0.15) is 0 Å². The highest BCUT2D eigenvalue weighted by molar-refractivity contribution is 5.86. The highest BCUT2D eigenvalue weighted by Gasteiger charge is 2.20. The Morgan fingerprint density at radius 2 is 1.35 bits per heavy atom.